The van der Waals surface area contributed by atoms with Crippen molar-refractivity contribution in [1.82, 2.24) is 5.32 Å². The summed E-state index contributed by atoms with van der Waals surface area (Å²) in [6.07, 6.45) is 3.19. The van der Waals surface area contributed by atoms with Gasteiger partial charge in [0, 0.05) is 18.0 Å². The Morgan fingerprint density at radius 2 is 1.80 bits per heavy atom. The van der Waals surface area contributed by atoms with Gasteiger partial charge in [-0.2, -0.15) is 0 Å². The highest BCUT2D eigenvalue weighted by Gasteiger charge is 2.14. The van der Waals surface area contributed by atoms with Gasteiger partial charge >= 0.3 is 0 Å². The number of amides is 1. The summed E-state index contributed by atoms with van der Waals surface area (Å²) >= 11 is 5.82. The number of rotatable bonds is 7. The van der Waals surface area contributed by atoms with E-state index in [1.165, 1.54) is 5.56 Å². The van der Waals surface area contributed by atoms with Crippen LogP contribution in [0.1, 0.15) is 53.2 Å². The molecule has 1 unspecified atom stereocenters. The minimum absolute atomic E-state index is 0.0377. The molecule has 1 atom stereocenters. The first kappa shape index (κ1) is 17.0. The van der Waals surface area contributed by atoms with E-state index in [0.29, 0.717) is 18.3 Å². The lowest BCUT2D eigenvalue weighted by Gasteiger charge is -2.17. The molecule has 0 aliphatic carbocycles. The number of alkyl halides is 1. The van der Waals surface area contributed by atoms with E-state index in [1.54, 1.807) is 0 Å². The van der Waals surface area contributed by atoms with Gasteiger partial charge in [-0.15, -0.1) is 11.6 Å². The standard InChI is InChI=1S/C17H26ClNO/c1-5-6-15(7-8-18)11-19-17(20)16-13(3)9-12(2)10-14(16)4/h9-10,15H,5-8,11H2,1-4H3,(H,19,20). The smallest absolute Gasteiger partial charge is 0.251 e. The molecule has 112 valence electrons. The van der Waals surface area contributed by atoms with E-state index in [-0.39, 0.29) is 5.91 Å². The second-order valence-corrected chi connectivity index (χ2v) is 5.99. The lowest BCUT2D eigenvalue weighted by atomic mass is 9.98. The van der Waals surface area contributed by atoms with Crippen LogP contribution in [-0.2, 0) is 0 Å². The minimum atomic E-state index is 0.0377. The zero-order chi connectivity index (χ0) is 15.1. The van der Waals surface area contributed by atoms with Crippen LogP contribution in [0.25, 0.3) is 0 Å². The number of nitrogens with one attached hydrogen (secondary N) is 1. The van der Waals surface area contributed by atoms with Crippen molar-refractivity contribution >= 4 is 17.5 Å². The van der Waals surface area contributed by atoms with Crippen LogP contribution < -0.4 is 5.32 Å². The van der Waals surface area contributed by atoms with Crippen molar-refractivity contribution in [2.75, 3.05) is 12.4 Å². The summed E-state index contributed by atoms with van der Waals surface area (Å²) < 4.78 is 0. The van der Waals surface area contributed by atoms with Gasteiger partial charge in [-0.05, 0) is 50.7 Å². The molecular formula is C17H26ClNO. The van der Waals surface area contributed by atoms with Crippen molar-refractivity contribution in [1.29, 1.82) is 0 Å². The quantitative estimate of drug-likeness (QED) is 0.743. The van der Waals surface area contributed by atoms with Crippen LogP contribution >= 0.6 is 11.6 Å². The molecule has 0 aliphatic rings. The summed E-state index contributed by atoms with van der Waals surface area (Å²) in [5.74, 6) is 1.17. The number of hydrogen-bond acceptors (Lipinski definition) is 1. The van der Waals surface area contributed by atoms with E-state index < -0.39 is 0 Å². The largest absolute Gasteiger partial charge is 0.352 e. The van der Waals surface area contributed by atoms with E-state index in [4.69, 9.17) is 11.6 Å². The zero-order valence-electron chi connectivity index (χ0n) is 13.1. The highest BCUT2D eigenvalue weighted by molar-refractivity contribution is 6.17. The van der Waals surface area contributed by atoms with Crippen LogP contribution in [0, 0.1) is 26.7 Å². The fourth-order valence-electron chi connectivity index (χ4n) is 2.77. The number of benzene rings is 1. The normalized spacial score (nSPS) is 12.2. The van der Waals surface area contributed by atoms with Crippen LogP contribution in [0.5, 0.6) is 0 Å². The molecule has 1 rings (SSSR count). The predicted molar refractivity (Wildman–Crippen MR) is 86.7 cm³/mol. The maximum atomic E-state index is 12.4. The van der Waals surface area contributed by atoms with Crippen molar-refractivity contribution in [2.24, 2.45) is 5.92 Å². The van der Waals surface area contributed by atoms with E-state index in [2.05, 4.69) is 31.3 Å². The average molecular weight is 296 g/mol. The Hall–Kier alpha value is -1.02. The van der Waals surface area contributed by atoms with Gasteiger partial charge in [0.25, 0.3) is 5.91 Å². The Morgan fingerprint density at radius 1 is 1.20 bits per heavy atom. The van der Waals surface area contributed by atoms with Gasteiger partial charge in [0.2, 0.25) is 0 Å². The van der Waals surface area contributed by atoms with Crippen LogP contribution in [-0.4, -0.2) is 18.3 Å². The SMILES string of the molecule is CCCC(CCCl)CNC(=O)c1c(C)cc(C)cc1C. The fraction of sp³-hybridized carbons (Fsp3) is 0.588. The molecule has 0 aromatic heterocycles. The molecule has 3 heteroatoms. The number of carbonyl (C=O) groups is 1. The molecule has 0 spiro atoms. The first-order valence-corrected chi connectivity index (χ1v) is 7.95. The van der Waals surface area contributed by atoms with Gasteiger partial charge in [-0.1, -0.05) is 31.0 Å². The zero-order valence-corrected chi connectivity index (χ0v) is 13.8. The lowest BCUT2D eigenvalue weighted by Crippen LogP contribution is -2.30. The van der Waals surface area contributed by atoms with E-state index in [9.17, 15) is 4.79 Å². The van der Waals surface area contributed by atoms with E-state index >= 15 is 0 Å². The van der Waals surface area contributed by atoms with Crippen molar-refractivity contribution in [3.8, 4) is 0 Å². The van der Waals surface area contributed by atoms with Crippen LogP contribution in [0.3, 0.4) is 0 Å². The molecule has 0 aliphatic heterocycles. The molecule has 20 heavy (non-hydrogen) atoms. The molecule has 0 saturated heterocycles. The molecule has 2 nitrogen and oxygen atoms in total. The molecule has 1 amide bonds. The second-order valence-electron chi connectivity index (χ2n) is 5.62. The summed E-state index contributed by atoms with van der Waals surface area (Å²) in [7, 11) is 0. The molecule has 0 radical (unpaired) electrons. The van der Waals surface area contributed by atoms with Crippen LogP contribution in [0.15, 0.2) is 12.1 Å². The van der Waals surface area contributed by atoms with Gasteiger partial charge in [0.15, 0.2) is 0 Å². The maximum absolute atomic E-state index is 12.4. The molecule has 0 bridgehead atoms. The number of halogens is 1. The molecule has 1 aromatic rings. The van der Waals surface area contributed by atoms with Crippen molar-refractivity contribution in [2.45, 2.75) is 47.0 Å². The third-order valence-electron chi connectivity index (χ3n) is 3.67. The summed E-state index contributed by atoms with van der Waals surface area (Å²) in [5, 5.41) is 3.07. The van der Waals surface area contributed by atoms with Gasteiger partial charge in [-0.3, -0.25) is 4.79 Å². The van der Waals surface area contributed by atoms with E-state index in [1.807, 2.05) is 13.8 Å². The van der Waals surface area contributed by atoms with E-state index in [0.717, 1.165) is 36.0 Å². The predicted octanol–water partition coefficient (Wildman–Crippen LogP) is 4.39. The monoisotopic (exact) mass is 295 g/mol. The third-order valence-corrected chi connectivity index (χ3v) is 3.89. The summed E-state index contributed by atoms with van der Waals surface area (Å²) in [5.41, 5.74) is 4.10. The Morgan fingerprint density at radius 3 is 2.30 bits per heavy atom. The van der Waals surface area contributed by atoms with Crippen molar-refractivity contribution < 1.29 is 4.79 Å². The Kier molecular flexibility index (Phi) is 7.08. The first-order valence-electron chi connectivity index (χ1n) is 7.41. The number of carbonyl (C=O) groups excluding carboxylic acids is 1. The minimum Gasteiger partial charge on any atom is -0.352 e. The lowest BCUT2D eigenvalue weighted by molar-refractivity contribution is 0.0944. The van der Waals surface area contributed by atoms with Gasteiger partial charge < -0.3 is 5.32 Å². The van der Waals surface area contributed by atoms with Crippen LogP contribution in [0.4, 0.5) is 0 Å². The van der Waals surface area contributed by atoms with Crippen molar-refractivity contribution in [3.05, 3.63) is 34.4 Å². The van der Waals surface area contributed by atoms with Gasteiger partial charge in [0.05, 0.1) is 0 Å². The van der Waals surface area contributed by atoms with Crippen LogP contribution in [0.2, 0.25) is 0 Å². The molecule has 0 saturated carbocycles. The molecular weight excluding hydrogens is 270 g/mol. The first-order chi connectivity index (χ1) is 9.49. The highest BCUT2D eigenvalue weighted by atomic mass is 35.5. The Balaban J connectivity index is 2.71. The molecule has 0 heterocycles. The second kappa shape index (κ2) is 8.31. The number of aryl methyl sites for hydroxylation is 3. The van der Waals surface area contributed by atoms with Crippen molar-refractivity contribution in [3.63, 3.8) is 0 Å². The Bertz CT molecular complexity index is 427. The third kappa shape index (κ3) is 4.82. The van der Waals surface area contributed by atoms with Gasteiger partial charge in [-0.25, -0.2) is 0 Å². The molecule has 0 fully saturated rings. The highest BCUT2D eigenvalue weighted by Crippen LogP contribution is 2.17. The topological polar surface area (TPSA) is 29.1 Å². The molecule has 1 aromatic carbocycles. The summed E-state index contributed by atoms with van der Waals surface area (Å²) in [6.45, 7) is 8.93. The Labute approximate surface area is 127 Å². The fourth-order valence-corrected chi connectivity index (χ4v) is 3.08. The number of hydrogen-bond donors (Lipinski definition) is 1. The maximum Gasteiger partial charge on any atom is 0.251 e. The summed E-state index contributed by atoms with van der Waals surface area (Å²) in [6, 6.07) is 4.12. The molecule has 1 N–H and O–H groups in total. The van der Waals surface area contributed by atoms with Gasteiger partial charge in [0.1, 0.15) is 0 Å². The average Bonchev–Trinajstić information content (AvgIpc) is 2.35. The summed E-state index contributed by atoms with van der Waals surface area (Å²) in [4.78, 5) is 12.4.